The van der Waals surface area contributed by atoms with E-state index in [-0.39, 0.29) is 18.1 Å². The minimum absolute atomic E-state index is 0.00764. The molecule has 0 aliphatic heterocycles. The summed E-state index contributed by atoms with van der Waals surface area (Å²) in [6.45, 7) is 0.165. The van der Waals surface area contributed by atoms with Gasteiger partial charge in [-0.2, -0.15) is 0 Å². The summed E-state index contributed by atoms with van der Waals surface area (Å²) in [6.07, 6.45) is 0. The molecule has 108 valence electrons. The van der Waals surface area contributed by atoms with Crippen molar-refractivity contribution >= 4 is 23.2 Å². The molecule has 0 fully saturated rings. The first-order valence-electron chi connectivity index (χ1n) is 6.22. The number of para-hydroxylation sites is 1. The molecule has 0 aromatic heterocycles. The maximum absolute atomic E-state index is 12.3. The molecule has 21 heavy (non-hydrogen) atoms. The number of nitrogens with zero attached hydrogens (tertiary/aromatic N) is 2. The van der Waals surface area contributed by atoms with Crippen LogP contribution in [0.25, 0.3) is 0 Å². The lowest BCUT2D eigenvalue weighted by molar-refractivity contribution is -0.385. The van der Waals surface area contributed by atoms with E-state index in [4.69, 9.17) is 11.6 Å². The molecule has 0 aliphatic carbocycles. The van der Waals surface area contributed by atoms with Crippen molar-refractivity contribution in [1.29, 1.82) is 0 Å². The molecule has 1 amide bonds. The third-order valence-electron chi connectivity index (χ3n) is 3.03. The number of carbonyl (C=O) groups is 1. The summed E-state index contributed by atoms with van der Waals surface area (Å²) < 4.78 is 0. The first-order chi connectivity index (χ1) is 9.99. The Hall–Kier alpha value is -2.40. The summed E-state index contributed by atoms with van der Waals surface area (Å²) in [5.41, 5.74) is 0.987. The Morgan fingerprint density at radius 1 is 1.19 bits per heavy atom. The highest BCUT2D eigenvalue weighted by Crippen LogP contribution is 2.20. The van der Waals surface area contributed by atoms with Crippen molar-refractivity contribution < 1.29 is 9.72 Å². The molecule has 0 heterocycles. The Morgan fingerprint density at radius 3 is 2.43 bits per heavy atom. The average Bonchev–Trinajstić information content (AvgIpc) is 2.47. The van der Waals surface area contributed by atoms with Crippen molar-refractivity contribution in [3.05, 3.63) is 74.8 Å². The van der Waals surface area contributed by atoms with Crippen LogP contribution in [0.4, 0.5) is 5.69 Å². The molecule has 0 aliphatic rings. The zero-order valence-electron chi connectivity index (χ0n) is 11.3. The van der Waals surface area contributed by atoms with E-state index < -0.39 is 4.92 Å². The fourth-order valence-electron chi connectivity index (χ4n) is 1.96. The van der Waals surface area contributed by atoms with Gasteiger partial charge in [0.1, 0.15) is 0 Å². The maximum atomic E-state index is 12.3. The topological polar surface area (TPSA) is 63.4 Å². The monoisotopic (exact) mass is 304 g/mol. The van der Waals surface area contributed by atoms with E-state index in [1.165, 1.54) is 11.0 Å². The van der Waals surface area contributed by atoms with Gasteiger partial charge in [-0.1, -0.05) is 29.8 Å². The number of nitro benzene ring substituents is 1. The van der Waals surface area contributed by atoms with Gasteiger partial charge in [-0.3, -0.25) is 14.9 Å². The summed E-state index contributed by atoms with van der Waals surface area (Å²) in [5.74, 6) is -0.218. The minimum atomic E-state index is -0.448. The predicted molar refractivity (Wildman–Crippen MR) is 80.3 cm³/mol. The standard InChI is InChI=1S/C15H13ClN2O3/c1-17(15(19)11-6-8-13(16)9-7-11)10-12-4-2-3-5-14(12)18(20)21/h2-9H,10H2,1H3. The molecule has 0 atom stereocenters. The minimum Gasteiger partial charge on any atom is -0.337 e. The Labute approximate surface area is 126 Å². The summed E-state index contributed by atoms with van der Waals surface area (Å²) in [7, 11) is 1.60. The zero-order valence-corrected chi connectivity index (χ0v) is 12.1. The molecule has 0 saturated carbocycles. The van der Waals surface area contributed by atoms with Gasteiger partial charge in [-0.25, -0.2) is 0 Å². The first kappa shape index (κ1) is 15.0. The van der Waals surface area contributed by atoms with Gasteiger partial charge in [0.25, 0.3) is 11.6 Å². The lowest BCUT2D eigenvalue weighted by atomic mass is 10.1. The second-order valence-corrected chi connectivity index (χ2v) is 4.99. The fourth-order valence-corrected chi connectivity index (χ4v) is 2.09. The molecule has 0 N–H and O–H groups in total. The number of halogens is 1. The number of carbonyl (C=O) groups excluding carboxylic acids is 1. The van der Waals surface area contributed by atoms with E-state index in [9.17, 15) is 14.9 Å². The molecule has 0 spiro atoms. The zero-order chi connectivity index (χ0) is 15.4. The second-order valence-electron chi connectivity index (χ2n) is 4.55. The maximum Gasteiger partial charge on any atom is 0.274 e. The van der Waals surface area contributed by atoms with Crippen molar-refractivity contribution in [3.8, 4) is 0 Å². The van der Waals surface area contributed by atoms with Gasteiger partial charge in [0.2, 0.25) is 0 Å². The number of hydrogen-bond donors (Lipinski definition) is 0. The lowest BCUT2D eigenvalue weighted by Gasteiger charge is -2.17. The molecule has 6 heteroatoms. The SMILES string of the molecule is CN(Cc1ccccc1[N+](=O)[O-])C(=O)c1ccc(Cl)cc1. The van der Waals surface area contributed by atoms with Gasteiger partial charge in [-0.05, 0) is 24.3 Å². The lowest BCUT2D eigenvalue weighted by Crippen LogP contribution is -2.26. The number of amides is 1. The highest BCUT2D eigenvalue weighted by atomic mass is 35.5. The van der Waals surface area contributed by atoms with Crippen LogP contribution in [0, 0.1) is 10.1 Å². The summed E-state index contributed by atoms with van der Waals surface area (Å²) in [5, 5.41) is 11.5. The molecule has 2 aromatic rings. The summed E-state index contributed by atoms with van der Waals surface area (Å²) in [6, 6.07) is 12.9. The van der Waals surface area contributed by atoms with E-state index in [1.807, 2.05) is 0 Å². The Kier molecular flexibility index (Phi) is 4.55. The molecule has 0 bridgehead atoms. The van der Waals surface area contributed by atoms with E-state index in [2.05, 4.69) is 0 Å². The van der Waals surface area contributed by atoms with Crippen molar-refractivity contribution in [2.24, 2.45) is 0 Å². The molecular formula is C15H13ClN2O3. The largest absolute Gasteiger partial charge is 0.337 e. The predicted octanol–water partition coefficient (Wildman–Crippen LogP) is 3.52. The Morgan fingerprint density at radius 2 is 1.81 bits per heavy atom. The van der Waals surface area contributed by atoms with Gasteiger partial charge in [-0.15, -0.1) is 0 Å². The molecule has 2 aromatic carbocycles. The number of hydrogen-bond acceptors (Lipinski definition) is 3. The quantitative estimate of drug-likeness (QED) is 0.641. The van der Waals surface area contributed by atoms with Crippen molar-refractivity contribution in [1.82, 2.24) is 4.90 Å². The van der Waals surface area contributed by atoms with Crippen LogP contribution in [0.15, 0.2) is 48.5 Å². The summed E-state index contributed by atoms with van der Waals surface area (Å²) in [4.78, 5) is 24.2. The number of nitro groups is 1. The number of rotatable bonds is 4. The van der Waals surface area contributed by atoms with Crippen LogP contribution in [0.3, 0.4) is 0 Å². The molecular weight excluding hydrogens is 292 g/mol. The van der Waals surface area contributed by atoms with E-state index in [1.54, 1.807) is 49.5 Å². The van der Waals surface area contributed by atoms with Gasteiger partial charge < -0.3 is 4.90 Å². The highest BCUT2D eigenvalue weighted by Gasteiger charge is 2.17. The average molecular weight is 305 g/mol. The second kappa shape index (κ2) is 6.37. The van der Waals surface area contributed by atoms with Crippen LogP contribution < -0.4 is 0 Å². The molecule has 0 unspecified atom stereocenters. The van der Waals surface area contributed by atoms with Crippen LogP contribution in [-0.4, -0.2) is 22.8 Å². The summed E-state index contributed by atoms with van der Waals surface area (Å²) >= 11 is 5.78. The van der Waals surface area contributed by atoms with E-state index >= 15 is 0 Å². The Balaban J connectivity index is 2.18. The van der Waals surface area contributed by atoms with Crippen LogP contribution in [0.1, 0.15) is 15.9 Å². The third-order valence-corrected chi connectivity index (χ3v) is 3.29. The fraction of sp³-hybridized carbons (Fsp3) is 0.133. The van der Waals surface area contributed by atoms with E-state index in [0.29, 0.717) is 16.1 Å². The van der Waals surface area contributed by atoms with Gasteiger partial charge >= 0.3 is 0 Å². The van der Waals surface area contributed by atoms with Crippen molar-refractivity contribution in [2.75, 3.05) is 7.05 Å². The first-order valence-corrected chi connectivity index (χ1v) is 6.60. The van der Waals surface area contributed by atoms with Crippen LogP contribution in [-0.2, 0) is 6.54 Å². The van der Waals surface area contributed by atoms with E-state index in [0.717, 1.165) is 0 Å². The Bertz CT molecular complexity index is 671. The van der Waals surface area contributed by atoms with Crippen molar-refractivity contribution in [3.63, 3.8) is 0 Å². The normalized spacial score (nSPS) is 10.2. The van der Waals surface area contributed by atoms with Gasteiger partial charge in [0, 0.05) is 29.3 Å². The molecule has 5 nitrogen and oxygen atoms in total. The molecule has 0 radical (unpaired) electrons. The van der Waals surface area contributed by atoms with Crippen LogP contribution in [0.5, 0.6) is 0 Å². The number of benzene rings is 2. The highest BCUT2D eigenvalue weighted by molar-refractivity contribution is 6.30. The van der Waals surface area contributed by atoms with Gasteiger partial charge in [0.15, 0.2) is 0 Å². The van der Waals surface area contributed by atoms with Crippen LogP contribution >= 0.6 is 11.6 Å². The smallest absolute Gasteiger partial charge is 0.274 e. The molecule has 0 saturated heterocycles. The molecule has 2 rings (SSSR count). The third kappa shape index (κ3) is 3.58. The van der Waals surface area contributed by atoms with Crippen molar-refractivity contribution in [2.45, 2.75) is 6.54 Å². The van der Waals surface area contributed by atoms with Crippen LogP contribution in [0.2, 0.25) is 5.02 Å². The van der Waals surface area contributed by atoms with Gasteiger partial charge in [0.05, 0.1) is 11.5 Å².